The molecule has 158 valence electrons. The summed E-state index contributed by atoms with van der Waals surface area (Å²) in [4.78, 5) is 11.1. The van der Waals surface area contributed by atoms with Crippen LogP contribution >= 0.6 is 0 Å². The summed E-state index contributed by atoms with van der Waals surface area (Å²) in [5.41, 5.74) is 8.50. The third-order valence-electron chi connectivity index (χ3n) is 4.30. The molecule has 0 saturated heterocycles. The summed E-state index contributed by atoms with van der Waals surface area (Å²) in [5, 5.41) is 8.75. The standard InChI is InChI=1S/C24H23N3O4/c1-29-20-13-17(14-21(30-2)24(20)31-16-22(25)28)15-26-27-23(18-9-5-3-6-10-18)19-11-7-4-8-12-19/h3-15H,16H2,1-2H3,(H2,25,28)/b26-15-. The summed E-state index contributed by atoms with van der Waals surface area (Å²) in [6, 6.07) is 23.1. The van der Waals surface area contributed by atoms with Crippen LogP contribution in [-0.2, 0) is 4.79 Å². The molecule has 0 aromatic heterocycles. The number of ether oxygens (including phenoxy) is 3. The van der Waals surface area contributed by atoms with Gasteiger partial charge < -0.3 is 19.9 Å². The highest BCUT2D eigenvalue weighted by atomic mass is 16.5. The van der Waals surface area contributed by atoms with Crippen LogP contribution in [0.2, 0.25) is 0 Å². The van der Waals surface area contributed by atoms with E-state index < -0.39 is 5.91 Å². The van der Waals surface area contributed by atoms with E-state index in [-0.39, 0.29) is 6.61 Å². The molecule has 2 N–H and O–H groups in total. The summed E-state index contributed by atoms with van der Waals surface area (Å²) in [7, 11) is 2.99. The summed E-state index contributed by atoms with van der Waals surface area (Å²) >= 11 is 0. The number of carbonyl (C=O) groups is 1. The van der Waals surface area contributed by atoms with Gasteiger partial charge in [0, 0.05) is 16.7 Å². The number of nitrogens with two attached hydrogens (primary N) is 1. The maximum absolute atomic E-state index is 11.1. The van der Waals surface area contributed by atoms with Gasteiger partial charge in [0.15, 0.2) is 18.1 Å². The van der Waals surface area contributed by atoms with E-state index in [4.69, 9.17) is 19.9 Å². The van der Waals surface area contributed by atoms with E-state index in [1.54, 1.807) is 18.3 Å². The van der Waals surface area contributed by atoms with Crippen molar-refractivity contribution in [2.75, 3.05) is 20.8 Å². The van der Waals surface area contributed by atoms with Gasteiger partial charge in [0.2, 0.25) is 5.75 Å². The third kappa shape index (κ3) is 5.70. The van der Waals surface area contributed by atoms with Crippen LogP contribution in [0.3, 0.4) is 0 Å². The molecular formula is C24H23N3O4. The van der Waals surface area contributed by atoms with Crippen LogP contribution in [0.4, 0.5) is 0 Å². The maximum Gasteiger partial charge on any atom is 0.255 e. The molecule has 0 fully saturated rings. The molecule has 7 nitrogen and oxygen atoms in total. The van der Waals surface area contributed by atoms with Crippen molar-refractivity contribution in [1.82, 2.24) is 0 Å². The van der Waals surface area contributed by atoms with Gasteiger partial charge in [0.25, 0.3) is 5.91 Å². The number of nitrogens with zero attached hydrogens (tertiary/aromatic N) is 2. The molecule has 0 radical (unpaired) electrons. The largest absolute Gasteiger partial charge is 0.493 e. The highest BCUT2D eigenvalue weighted by molar-refractivity contribution is 6.12. The molecule has 31 heavy (non-hydrogen) atoms. The van der Waals surface area contributed by atoms with Gasteiger partial charge >= 0.3 is 0 Å². The molecule has 1 amide bonds. The number of primary amides is 1. The van der Waals surface area contributed by atoms with Crippen LogP contribution in [-0.4, -0.2) is 38.7 Å². The van der Waals surface area contributed by atoms with Crippen LogP contribution in [0.25, 0.3) is 0 Å². The van der Waals surface area contributed by atoms with Gasteiger partial charge in [-0.2, -0.15) is 5.10 Å². The highest BCUT2D eigenvalue weighted by Gasteiger charge is 2.15. The Hall–Kier alpha value is -4.13. The molecule has 0 heterocycles. The fourth-order valence-electron chi connectivity index (χ4n) is 2.89. The van der Waals surface area contributed by atoms with Crippen molar-refractivity contribution in [3.63, 3.8) is 0 Å². The first-order valence-corrected chi connectivity index (χ1v) is 9.51. The Labute approximate surface area is 180 Å². The van der Waals surface area contributed by atoms with Crippen molar-refractivity contribution in [2.24, 2.45) is 15.9 Å². The van der Waals surface area contributed by atoms with Crippen LogP contribution in [0, 0.1) is 0 Å². The molecule has 3 aromatic carbocycles. The average Bonchev–Trinajstić information content (AvgIpc) is 2.81. The molecular weight excluding hydrogens is 394 g/mol. The lowest BCUT2D eigenvalue weighted by atomic mass is 10.0. The smallest absolute Gasteiger partial charge is 0.255 e. The lowest BCUT2D eigenvalue weighted by Crippen LogP contribution is -2.20. The number of hydrogen-bond donors (Lipinski definition) is 1. The van der Waals surface area contributed by atoms with E-state index in [1.165, 1.54) is 14.2 Å². The van der Waals surface area contributed by atoms with E-state index in [2.05, 4.69) is 10.2 Å². The number of rotatable bonds is 9. The molecule has 0 unspecified atom stereocenters. The summed E-state index contributed by atoms with van der Waals surface area (Å²) in [6.07, 6.45) is 1.59. The molecule has 0 spiro atoms. The molecule has 3 aromatic rings. The Morgan fingerprint density at radius 2 is 1.42 bits per heavy atom. The van der Waals surface area contributed by atoms with Gasteiger partial charge in [-0.15, -0.1) is 5.10 Å². The Balaban J connectivity index is 1.95. The normalized spacial score (nSPS) is 10.5. The monoisotopic (exact) mass is 417 g/mol. The van der Waals surface area contributed by atoms with Crippen LogP contribution in [0.15, 0.2) is 83.0 Å². The highest BCUT2D eigenvalue weighted by Crippen LogP contribution is 2.38. The minimum Gasteiger partial charge on any atom is -0.493 e. The van der Waals surface area contributed by atoms with E-state index in [0.717, 1.165) is 16.8 Å². The zero-order valence-corrected chi connectivity index (χ0v) is 17.3. The molecule has 0 bridgehead atoms. The summed E-state index contributed by atoms with van der Waals surface area (Å²) in [5.74, 6) is 0.465. The fraction of sp³-hybridized carbons (Fsp3) is 0.125. The predicted octanol–water partition coefficient (Wildman–Crippen LogP) is 3.44. The zero-order valence-electron chi connectivity index (χ0n) is 17.3. The van der Waals surface area contributed by atoms with Crippen molar-refractivity contribution < 1.29 is 19.0 Å². The van der Waals surface area contributed by atoms with Gasteiger partial charge in [-0.05, 0) is 12.1 Å². The van der Waals surface area contributed by atoms with Crippen LogP contribution in [0.1, 0.15) is 16.7 Å². The van der Waals surface area contributed by atoms with Crippen molar-refractivity contribution in [2.45, 2.75) is 0 Å². The van der Waals surface area contributed by atoms with Gasteiger partial charge in [0.05, 0.1) is 20.4 Å². The molecule has 7 heteroatoms. The van der Waals surface area contributed by atoms with Gasteiger partial charge in [0.1, 0.15) is 5.71 Å². The lowest BCUT2D eigenvalue weighted by Gasteiger charge is -2.14. The predicted molar refractivity (Wildman–Crippen MR) is 120 cm³/mol. The second-order valence-corrected chi connectivity index (χ2v) is 6.43. The average molecular weight is 417 g/mol. The van der Waals surface area contributed by atoms with E-state index in [9.17, 15) is 4.79 Å². The molecule has 0 aliphatic heterocycles. The Bertz CT molecular complexity index is 1010. The SMILES string of the molecule is COc1cc(/C=N\N=C(c2ccccc2)c2ccccc2)cc(OC)c1OCC(N)=O. The van der Waals surface area contributed by atoms with Crippen molar-refractivity contribution in [3.8, 4) is 17.2 Å². The van der Waals surface area contributed by atoms with E-state index >= 15 is 0 Å². The first-order valence-electron chi connectivity index (χ1n) is 9.51. The van der Waals surface area contributed by atoms with Gasteiger partial charge in [-0.25, -0.2) is 0 Å². The molecule has 0 aliphatic carbocycles. The molecule has 3 rings (SSSR count). The Kier molecular flexibility index (Phi) is 7.37. The van der Waals surface area contributed by atoms with Gasteiger partial charge in [-0.1, -0.05) is 60.7 Å². The molecule has 0 aliphatic rings. The van der Waals surface area contributed by atoms with Crippen molar-refractivity contribution in [1.29, 1.82) is 0 Å². The first kappa shape index (κ1) is 21.6. The fourth-order valence-corrected chi connectivity index (χ4v) is 2.89. The van der Waals surface area contributed by atoms with Gasteiger partial charge in [-0.3, -0.25) is 4.79 Å². The van der Waals surface area contributed by atoms with E-state index in [0.29, 0.717) is 22.8 Å². The lowest BCUT2D eigenvalue weighted by molar-refractivity contribution is -0.120. The van der Waals surface area contributed by atoms with Crippen molar-refractivity contribution in [3.05, 3.63) is 89.5 Å². The number of hydrogen-bond acceptors (Lipinski definition) is 6. The first-order chi connectivity index (χ1) is 15.1. The second kappa shape index (κ2) is 10.6. The summed E-state index contributed by atoms with van der Waals surface area (Å²) in [6.45, 7) is -0.290. The molecule has 0 atom stereocenters. The maximum atomic E-state index is 11.1. The third-order valence-corrected chi connectivity index (χ3v) is 4.30. The minimum atomic E-state index is -0.599. The number of carbonyl (C=O) groups excluding carboxylic acids is 1. The Morgan fingerprint density at radius 3 is 1.87 bits per heavy atom. The number of methoxy groups -OCH3 is 2. The topological polar surface area (TPSA) is 95.5 Å². The number of benzene rings is 3. The summed E-state index contributed by atoms with van der Waals surface area (Å²) < 4.78 is 16.2. The Morgan fingerprint density at radius 1 is 0.903 bits per heavy atom. The quantitative estimate of drug-likeness (QED) is 0.426. The van der Waals surface area contributed by atoms with Crippen LogP contribution < -0.4 is 19.9 Å². The van der Waals surface area contributed by atoms with Crippen LogP contribution in [0.5, 0.6) is 17.2 Å². The molecule has 0 saturated carbocycles. The minimum absolute atomic E-state index is 0.290. The van der Waals surface area contributed by atoms with Crippen molar-refractivity contribution >= 4 is 17.8 Å². The second-order valence-electron chi connectivity index (χ2n) is 6.43. The van der Waals surface area contributed by atoms with E-state index in [1.807, 2.05) is 60.7 Å². The number of amides is 1. The zero-order chi connectivity index (χ0) is 22.1.